The topological polar surface area (TPSA) is 37.6 Å². The zero-order chi connectivity index (χ0) is 21.0. The maximum Gasteiger partial charge on any atom is 0.273 e. The van der Waals surface area contributed by atoms with E-state index in [-0.39, 0.29) is 12.0 Å². The Morgan fingerprint density at radius 3 is 2.63 bits per heavy atom. The molecule has 0 saturated carbocycles. The van der Waals surface area contributed by atoms with Crippen LogP contribution in [0.1, 0.15) is 36.5 Å². The number of allylic oxidation sites excluding steroid dienone is 6. The van der Waals surface area contributed by atoms with Crippen molar-refractivity contribution < 1.29 is 8.78 Å². The SMILES string of the molecule is CCC(F)(F)c1cccc(C#CC2=CC=C3CC(c4ccncc4)=NN=C3C=C2)c1. The Labute approximate surface area is 174 Å². The van der Waals surface area contributed by atoms with Crippen LogP contribution in [0.15, 0.2) is 94.4 Å². The molecule has 2 aliphatic rings. The van der Waals surface area contributed by atoms with E-state index < -0.39 is 5.92 Å². The van der Waals surface area contributed by atoms with Gasteiger partial charge in [-0.2, -0.15) is 10.2 Å². The number of pyridine rings is 1. The van der Waals surface area contributed by atoms with Crippen LogP contribution < -0.4 is 0 Å². The Bertz CT molecular complexity index is 1170. The first-order chi connectivity index (χ1) is 14.5. The zero-order valence-corrected chi connectivity index (χ0v) is 16.4. The molecule has 0 bridgehead atoms. The third kappa shape index (κ3) is 4.33. The van der Waals surface area contributed by atoms with Gasteiger partial charge in [-0.3, -0.25) is 4.98 Å². The normalized spacial score (nSPS) is 15.6. The number of rotatable bonds is 3. The molecule has 4 rings (SSSR count). The molecule has 0 unspecified atom stereocenters. The summed E-state index contributed by atoms with van der Waals surface area (Å²) in [5, 5.41) is 8.67. The van der Waals surface area contributed by atoms with Crippen molar-refractivity contribution >= 4 is 11.4 Å². The molecule has 148 valence electrons. The van der Waals surface area contributed by atoms with E-state index in [0.29, 0.717) is 12.0 Å². The molecule has 0 radical (unpaired) electrons. The van der Waals surface area contributed by atoms with Crippen LogP contribution in [0.25, 0.3) is 0 Å². The number of benzene rings is 1. The number of alkyl halides is 2. The van der Waals surface area contributed by atoms with Crippen LogP contribution in [0.5, 0.6) is 0 Å². The molecule has 0 fully saturated rings. The van der Waals surface area contributed by atoms with E-state index in [2.05, 4.69) is 27.0 Å². The molecular formula is C25H19F2N3. The molecule has 0 N–H and O–H groups in total. The summed E-state index contributed by atoms with van der Waals surface area (Å²) in [6, 6.07) is 10.1. The summed E-state index contributed by atoms with van der Waals surface area (Å²) in [6.07, 6.45) is 11.5. The van der Waals surface area contributed by atoms with Gasteiger partial charge in [-0.05, 0) is 48.1 Å². The maximum atomic E-state index is 13.9. The number of halogens is 2. The average Bonchev–Trinajstić information content (AvgIpc) is 3.00. The quantitative estimate of drug-likeness (QED) is 0.619. The van der Waals surface area contributed by atoms with Gasteiger partial charge in [-0.1, -0.05) is 37.0 Å². The minimum absolute atomic E-state index is 0.00882. The first-order valence-corrected chi connectivity index (χ1v) is 9.70. The van der Waals surface area contributed by atoms with E-state index in [4.69, 9.17) is 0 Å². The molecule has 0 amide bonds. The summed E-state index contributed by atoms with van der Waals surface area (Å²) < 4.78 is 27.9. The largest absolute Gasteiger partial charge is 0.273 e. The van der Waals surface area contributed by atoms with E-state index in [1.54, 1.807) is 24.5 Å². The molecule has 1 aliphatic carbocycles. The van der Waals surface area contributed by atoms with Crippen molar-refractivity contribution in [2.45, 2.75) is 25.7 Å². The molecule has 30 heavy (non-hydrogen) atoms. The zero-order valence-electron chi connectivity index (χ0n) is 16.4. The Morgan fingerprint density at radius 2 is 1.83 bits per heavy atom. The monoisotopic (exact) mass is 399 g/mol. The van der Waals surface area contributed by atoms with Crippen LogP contribution in [-0.4, -0.2) is 16.4 Å². The third-order valence-corrected chi connectivity index (χ3v) is 4.94. The predicted molar refractivity (Wildman–Crippen MR) is 116 cm³/mol. The highest BCUT2D eigenvalue weighted by Crippen LogP contribution is 2.31. The molecule has 3 nitrogen and oxygen atoms in total. The van der Waals surface area contributed by atoms with E-state index >= 15 is 0 Å². The lowest BCUT2D eigenvalue weighted by molar-refractivity contribution is -0.00830. The Morgan fingerprint density at radius 1 is 1.00 bits per heavy atom. The molecule has 0 spiro atoms. The number of fused-ring (bicyclic) bond motifs is 1. The van der Waals surface area contributed by atoms with Gasteiger partial charge in [0.15, 0.2) is 0 Å². The minimum atomic E-state index is -2.84. The van der Waals surface area contributed by atoms with Crippen molar-refractivity contribution in [3.8, 4) is 11.8 Å². The summed E-state index contributed by atoms with van der Waals surface area (Å²) >= 11 is 0. The van der Waals surface area contributed by atoms with E-state index in [0.717, 1.165) is 28.1 Å². The molecule has 5 heteroatoms. The van der Waals surface area contributed by atoms with Crippen LogP contribution in [0.4, 0.5) is 8.78 Å². The Hall–Kier alpha value is -3.65. The highest BCUT2D eigenvalue weighted by molar-refractivity contribution is 6.17. The molecule has 0 atom stereocenters. The second kappa shape index (κ2) is 8.38. The van der Waals surface area contributed by atoms with Gasteiger partial charge in [0.2, 0.25) is 0 Å². The summed E-state index contributed by atoms with van der Waals surface area (Å²) in [7, 11) is 0. The van der Waals surface area contributed by atoms with Crippen molar-refractivity contribution in [1.82, 2.24) is 4.98 Å². The molecule has 0 saturated heterocycles. The molecular weight excluding hydrogens is 380 g/mol. The van der Waals surface area contributed by atoms with Crippen LogP contribution in [0.3, 0.4) is 0 Å². The summed E-state index contributed by atoms with van der Waals surface area (Å²) in [6.45, 7) is 1.47. The van der Waals surface area contributed by atoms with Crippen LogP contribution in [0, 0.1) is 11.8 Å². The third-order valence-electron chi connectivity index (χ3n) is 4.94. The molecule has 1 aliphatic heterocycles. The van der Waals surface area contributed by atoms with E-state index in [1.807, 2.05) is 36.4 Å². The smallest absolute Gasteiger partial charge is 0.265 e. The predicted octanol–water partition coefficient (Wildman–Crippen LogP) is 5.61. The number of hydrogen-bond acceptors (Lipinski definition) is 3. The van der Waals surface area contributed by atoms with Crippen molar-refractivity contribution in [1.29, 1.82) is 0 Å². The van der Waals surface area contributed by atoms with E-state index in [1.165, 1.54) is 19.1 Å². The van der Waals surface area contributed by atoms with Gasteiger partial charge < -0.3 is 0 Å². The highest BCUT2D eigenvalue weighted by atomic mass is 19.3. The number of nitrogens with zero attached hydrogens (tertiary/aromatic N) is 3. The van der Waals surface area contributed by atoms with Gasteiger partial charge in [0, 0.05) is 47.5 Å². The van der Waals surface area contributed by atoms with Gasteiger partial charge in [0.25, 0.3) is 5.92 Å². The van der Waals surface area contributed by atoms with Crippen molar-refractivity contribution in [2.75, 3.05) is 0 Å². The Balaban J connectivity index is 1.56. The van der Waals surface area contributed by atoms with Gasteiger partial charge in [-0.25, -0.2) is 8.78 Å². The van der Waals surface area contributed by atoms with Crippen molar-refractivity contribution in [3.63, 3.8) is 0 Å². The van der Waals surface area contributed by atoms with Gasteiger partial charge in [0.05, 0.1) is 11.4 Å². The minimum Gasteiger partial charge on any atom is -0.265 e. The molecule has 1 aromatic heterocycles. The number of hydrogen-bond donors (Lipinski definition) is 0. The average molecular weight is 399 g/mol. The maximum absolute atomic E-state index is 13.9. The fourth-order valence-corrected chi connectivity index (χ4v) is 3.14. The first-order valence-electron chi connectivity index (χ1n) is 9.70. The van der Waals surface area contributed by atoms with Gasteiger partial charge >= 0.3 is 0 Å². The second-order valence-corrected chi connectivity index (χ2v) is 6.98. The highest BCUT2D eigenvalue weighted by Gasteiger charge is 2.28. The van der Waals surface area contributed by atoms with Crippen LogP contribution >= 0.6 is 0 Å². The fraction of sp³-hybridized carbons (Fsp3) is 0.160. The van der Waals surface area contributed by atoms with Crippen LogP contribution in [0.2, 0.25) is 0 Å². The first kappa shape index (κ1) is 19.7. The van der Waals surface area contributed by atoms with Crippen molar-refractivity contribution in [3.05, 3.63) is 101 Å². The summed E-state index contributed by atoms with van der Waals surface area (Å²) in [5.41, 5.74) is 5.06. The van der Waals surface area contributed by atoms with Crippen LogP contribution in [-0.2, 0) is 5.92 Å². The summed E-state index contributed by atoms with van der Waals surface area (Å²) in [5.74, 6) is 3.21. The van der Waals surface area contributed by atoms with Gasteiger partial charge in [0.1, 0.15) is 0 Å². The molecule has 2 aromatic rings. The van der Waals surface area contributed by atoms with Gasteiger partial charge in [-0.15, -0.1) is 0 Å². The lowest BCUT2D eigenvalue weighted by atomic mass is 9.98. The Kier molecular flexibility index (Phi) is 5.49. The molecule has 2 heterocycles. The molecule has 1 aromatic carbocycles. The summed E-state index contributed by atoms with van der Waals surface area (Å²) in [4.78, 5) is 4.03. The lowest BCUT2D eigenvalue weighted by Crippen LogP contribution is -2.12. The van der Waals surface area contributed by atoms with E-state index in [9.17, 15) is 8.78 Å². The second-order valence-electron chi connectivity index (χ2n) is 6.98. The number of aromatic nitrogens is 1. The van der Waals surface area contributed by atoms with Crippen molar-refractivity contribution in [2.24, 2.45) is 10.2 Å². The standard InChI is InChI=1S/C25H19F2N3/c1-2-25(26,27)22-5-3-4-19(16-22)7-6-18-8-10-21-17-24(20-12-14-28-15-13-20)30-29-23(21)11-9-18/h3-5,8-16H,2,17H2,1H3. The fourth-order valence-electron chi connectivity index (χ4n) is 3.14. The lowest BCUT2D eigenvalue weighted by Gasteiger charge is -2.14.